The summed E-state index contributed by atoms with van der Waals surface area (Å²) in [4.78, 5) is 46.8. The number of Topliss-reactive ketones (excluding diaryl/α,β-unsaturated/α-hetero) is 2. The van der Waals surface area contributed by atoms with E-state index in [1.165, 1.54) is 0 Å². The smallest absolute Gasteiger partial charge is 0.324 e. The van der Waals surface area contributed by atoms with E-state index in [-0.39, 0.29) is 13.0 Å². The quantitative estimate of drug-likeness (QED) is 0.419. The van der Waals surface area contributed by atoms with Crippen LogP contribution in [-0.4, -0.2) is 30.4 Å². The SMILES string of the molecule is CCOC(=O)C1C(=O)CC2(CCC2)C(C=O)C1=O. The first kappa shape index (κ1) is 12.9. The van der Waals surface area contributed by atoms with Gasteiger partial charge in [0.25, 0.3) is 0 Å². The van der Waals surface area contributed by atoms with E-state index >= 15 is 0 Å². The number of carbonyl (C=O) groups is 4. The maximum atomic E-state index is 12.1. The van der Waals surface area contributed by atoms with Gasteiger partial charge in [0.05, 0.1) is 12.5 Å². The number of carbonyl (C=O) groups excluding carboxylic acids is 4. The summed E-state index contributed by atoms with van der Waals surface area (Å²) < 4.78 is 4.74. The molecule has 0 bridgehead atoms. The molecule has 0 aromatic heterocycles. The number of aldehydes is 1. The number of esters is 1. The highest BCUT2D eigenvalue weighted by atomic mass is 16.5. The molecule has 0 N–H and O–H groups in total. The van der Waals surface area contributed by atoms with Crippen molar-refractivity contribution in [3.63, 3.8) is 0 Å². The number of hydrogen-bond acceptors (Lipinski definition) is 5. The van der Waals surface area contributed by atoms with Gasteiger partial charge in [-0.15, -0.1) is 0 Å². The number of ketones is 2. The molecule has 18 heavy (non-hydrogen) atoms. The Balaban J connectivity index is 2.25. The first-order chi connectivity index (χ1) is 8.55. The molecule has 2 atom stereocenters. The lowest BCUT2D eigenvalue weighted by atomic mass is 9.53. The standard InChI is InChI=1S/C13H16O5/c1-2-18-12(17)10-9(15)6-13(4-3-5-13)8(7-14)11(10)16/h7-8,10H,2-6H2,1H3. The minimum Gasteiger partial charge on any atom is -0.465 e. The highest BCUT2D eigenvalue weighted by Crippen LogP contribution is 2.53. The molecule has 1 spiro atoms. The molecule has 2 saturated carbocycles. The zero-order valence-corrected chi connectivity index (χ0v) is 10.3. The van der Waals surface area contributed by atoms with E-state index < -0.39 is 34.8 Å². The van der Waals surface area contributed by atoms with E-state index in [1.807, 2.05) is 0 Å². The van der Waals surface area contributed by atoms with Crippen LogP contribution in [-0.2, 0) is 23.9 Å². The van der Waals surface area contributed by atoms with Crippen LogP contribution in [0.2, 0.25) is 0 Å². The van der Waals surface area contributed by atoms with E-state index in [0.717, 1.165) is 6.42 Å². The van der Waals surface area contributed by atoms with Crippen molar-refractivity contribution in [3.8, 4) is 0 Å². The first-order valence-corrected chi connectivity index (χ1v) is 6.24. The van der Waals surface area contributed by atoms with Crippen molar-refractivity contribution in [2.45, 2.75) is 32.6 Å². The molecule has 2 aliphatic rings. The Morgan fingerprint density at radius 1 is 1.44 bits per heavy atom. The summed E-state index contributed by atoms with van der Waals surface area (Å²) in [7, 11) is 0. The number of hydrogen-bond donors (Lipinski definition) is 0. The summed E-state index contributed by atoms with van der Waals surface area (Å²) in [6.45, 7) is 1.73. The Kier molecular flexibility index (Phi) is 3.32. The zero-order valence-electron chi connectivity index (χ0n) is 10.3. The molecule has 0 radical (unpaired) electrons. The van der Waals surface area contributed by atoms with Crippen LogP contribution in [0, 0.1) is 17.3 Å². The van der Waals surface area contributed by atoms with Gasteiger partial charge in [0.1, 0.15) is 6.29 Å². The van der Waals surface area contributed by atoms with Gasteiger partial charge in [-0.2, -0.15) is 0 Å². The Morgan fingerprint density at radius 2 is 2.11 bits per heavy atom. The normalized spacial score (nSPS) is 29.8. The van der Waals surface area contributed by atoms with Gasteiger partial charge in [-0.3, -0.25) is 14.4 Å². The third kappa shape index (κ3) is 1.78. The molecule has 0 aliphatic heterocycles. The van der Waals surface area contributed by atoms with E-state index in [4.69, 9.17) is 4.74 Å². The molecule has 5 nitrogen and oxygen atoms in total. The average Bonchev–Trinajstić information content (AvgIpc) is 2.26. The molecule has 0 saturated heterocycles. The molecule has 0 aromatic carbocycles. The molecule has 5 heteroatoms. The van der Waals surface area contributed by atoms with Gasteiger partial charge in [-0.1, -0.05) is 6.42 Å². The maximum absolute atomic E-state index is 12.1. The fourth-order valence-electron chi connectivity index (χ4n) is 3.00. The van der Waals surface area contributed by atoms with Gasteiger partial charge in [0.15, 0.2) is 17.5 Å². The van der Waals surface area contributed by atoms with Gasteiger partial charge in [0.2, 0.25) is 0 Å². The summed E-state index contributed by atoms with van der Waals surface area (Å²) in [6, 6.07) is 0. The highest BCUT2D eigenvalue weighted by Gasteiger charge is 2.57. The Bertz CT molecular complexity index is 408. The van der Waals surface area contributed by atoms with Gasteiger partial charge < -0.3 is 9.53 Å². The third-order valence-corrected chi connectivity index (χ3v) is 4.11. The Hall–Kier alpha value is -1.52. The van der Waals surface area contributed by atoms with Crippen LogP contribution in [0.25, 0.3) is 0 Å². The van der Waals surface area contributed by atoms with Crippen molar-refractivity contribution in [2.24, 2.45) is 17.3 Å². The van der Waals surface area contributed by atoms with Crippen molar-refractivity contribution < 1.29 is 23.9 Å². The molecule has 0 heterocycles. The highest BCUT2D eigenvalue weighted by molar-refractivity contribution is 6.22. The lowest BCUT2D eigenvalue weighted by Gasteiger charge is -2.48. The van der Waals surface area contributed by atoms with Crippen LogP contribution in [0.5, 0.6) is 0 Å². The molecule has 98 valence electrons. The van der Waals surface area contributed by atoms with E-state index in [2.05, 4.69) is 0 Å². The van der Waals surface area contributed by atoms with Crippen LogP contribution >= 0.6 is 0 Å². The lowest BCUT2D eigenvalue weighted by molar-refractivity contribution is -0.164. The minimum atomic E-state index is -1.38. The maximum Gasteiger partial charge on any atom is 0.324 e. The van der Waals surface area contributed by atoms with Gasteiger partial charge in [-0.05, 0) is 25.2 Å². The summed E-state index contributed by atoms with van der Waals surface area (Å²) >= 11 is 0. The second-order valence-corrected chi connectivity index (χ2v) is 5.06. The van der Waals surface area contributed by atoms with Crippen LogP contribution in [0.3, 0.4) is 0 Å². The van der Waals surface area contributed by atoms with Gasteiger partial charge in [-0.25, -0.2) is 0 Å². The predicted octanol–water partition coefficient (Wildman–Crippen LogP) is 0.693. The largest absolute Gasteiger partial charge is 0.465 e. The average molecular weight is 252 g/mol. The van der Waals surface area contributed by atoms with Crippen LogP contribution < -0.4 is 0 Å². The summed E-state index contributed by atoms with van der Waals surface area (Å²) in [6.07, 6.45) is 3.09. The fraction of sp³-hybridized carbons (Fsp3) is 0.692. The van der Waals surface area contributed by atoms with Crippen molar-refractivity contribution in [1.29, 1.82) is 0 Å². The second-order valence-electron chi connectivity index (χ2n) is 5.06. The molecular formula is C13H16O5. The van der Waals surface area contributed by atoms with E-state index in [1.54, 1.807) is 6.92 Å². The predicted molar refractivity (Wildman–Crippen MR) is 60.6 cm³/mol. The van der Waals surface area contributed by atoms with Crippen molar-refractivity contribution in [2.75, 3.05) is 6.61 Å². The van der Waals surface area contributed by atoms with Crippen molar-refractivity contribution in [1.82, 2.24) is 0 Å². The fourth-order valence-corrected chi connectivity index (χ4v) is 3.00. The molecule has 2 aliphatic carbocycles. The Labute approximate surface area is 105 Å². The molecule has 0 aromatic rings. The first-order valence-electron chi connectivity index (χ1n) is 6.24. The molecule has 0 amide bonds. The molecule has 2 fully saturated rings. The molecule has 2 rings (SSSR count). The molecular weight excluding hydrogens is 236 g/mol. The van der Waals surface area contributed by atoms with E-state index in [0.29, 0.717) is 19.1 Å². The molecule has 2 unspecified atom stereocenters. The van der Waals surface area contributed by atoms with E-state index in [9.17, 15) is 19.2 Å². The summed E-state index contributed by atoms with van der Waals surface area (Å²) in [5.74, 6) is -3.98. The van der Waals surface area contributed by atoms with Crippen LogP contribution in [0.15, 0.2) is 0 Å². The minimum absolute atomic E-state index is 0.118. The lowest BCUT2D eigenvalue weighted by Crippen LogP contribution is -2.54. The number of ether oxygens (including phenoxy) is 1. The van der Waals surface area contributed by atoms with Crippen LogP contribution in [0.4, 0.5) is 0 Å². The Morgan fingerprint density at radius 3 is 2.56 bits per heavy atom. The van der Waals surface area contributed by atoms with Crippen molar-refractivity contribution in [3.05, 3.63) is 0 Å². The van der Waals surface area contributed by atoms with Gasteiger partial charge in [0, 0.05) is 6.42 Å². The monoisotopic (exact) mass is 252 g/mol. The number of rotatable bonds is 3. The summed E-state index contributed by atoms with van der Waals surface area (Å²) in [5.41, 5.74) is -0.501. The summed E-state index contributed by atoms with van der Waals surface area (Å²) in [5, 5.41) is 0. The van der Waals surface area contributed by atoms with Gasteiger partial charge >= 0.3 is 5.97 Å². The van der Waals surface area contributed by atoms with Crippen LogP contribution in [0.1, 0.15) is 32.6 Å². The third-order valence-electron chi connectivity index (χ3n) is 4.11. The topological polar surface area (TPSA) is 77.5 Å². The second kappa shape index (κ2) is 4.63. The zero-order chi connectivity index (χ0) is 13.3. The van der Waals surface area contributed by atoms with Crippen molar-refractivity contribution >= 4 is 23.8 Å².